The van der Waals surface area contributed by atoms with Gasteiger partial charge in [0.2, 0.25) is 5.78 Å². The van der Waals surface area contributed by atoms with Crippen LogP contribution in [0.5, 0.6) is 0 Å². The molecule has 1 fully saturated rings. The molecule has 22 heavy (non-hydrogen) atoms. The van der Waals surface area contributed by atoms with Crippen LogP contribution < -0.4 is 0 Å². The number of amides is 2. The van der Waals surface area contributed by atoms with Gasteiger partial charge < -0.3 is 0 Å². The normalized spacial score (nSPS) is 17.9. The number of Topliss-reactive ketones (excluding diaryl/α,β-unsaturated/α-hetero) is 1. The zero-order valence-electron chi connectivity index (χ0n) is 12.2. The number of hydrogen-bond donors (Lipinski definition) is 0. The molecule has 1 aliphatic heterocycles. The summed E-state index contributed by atoms with van der Waals surface area (Å²) in [6.07, 6.45) is 0. The molecular formula is C18H15NO3. The van der Waals surface area contributed by atoms with E-state index in [1.165, 1.54) is 0 Å². The molecule has 0 unspecified atom stereocenters. The second-order valence-electron chi connectivity index (χ2n) is 5.41. The number of rotatable bonds is 2. The SMILES string of the molecule is Cc1ccc(C(=O)N2C[C@@H](c3ccccc3)C(=O)C2=O)cc1. The Kier molecular flexibility index (Phi) is 3.59. The lowest BCUT2D eigenvalue weighted by atomic mass is 9.97. The van der Waals surface area contributed by atoms with Crippen molar-refractivity contribution in [3.8, 4) is 0 Å². The van der Waals surface area contributed by atoms with E-state index in [0.29, 0.717) is 5.56 Å². The first-order valence-electron chi connectivity index (χ1n) is 7.09. The molecule has 1 aliphatic rings. The molecule has 110 valence electrons. The van der Waals surface area contributed by atoms with Crippen molar-refractivity contribution in [2.75, 3.05) is 6.54 Å². The number of aryl methyl sites for hydroxylation is 1. The first-order chi connectivity index (χ1) is 10.6. The van der Waals surface area contributed by atoms with Gasteiger partial charge in [-0.3, -0.25) is 19.3 Å². The van der Waals surface area contributed by atoms with Crippen molar-refractivity contribution in [3.05, 3.63) is 71.3 Å². The Morgan fingerprint density at radius 1 is 1.00 bits per heavy atom. The summed E-state index contributed by atoms with van der Waals surface area (Å²) in [4.78, 5) is 37.8. The van der Waals surface area contributed by atoms with Gasteiger partial charge in [0.05, 0.1) is 5.92 Å². The Hall–Kier alpha value is -2.75. The maximum atomic E-state index is 12.4. The Morgan fingerprint density at radius 3 is 2.27 bits per heavy atom. The maximum absolute atomic E-state index is 12.4. The van der Waals surface area contributed by atoms with Crippen LogP contribution in [0.25, 0.3) is 0 Å². The number of carbonyl (C=O) groups excluding carboxylic acids is 3. The number of likely N-dealkylation sites (tertiary alicyclic amines) is 1. The number of carbonyl (C=O) groups is 3. The summed E-state index contributed by atoms with van der Waals surface area (Å²) in [5.41, 5.74) is 2.21. The van der Waals surface area contributed by atoms with Gasteiger partial charge in [0.1, 0.15) is 0 Å². The molecule has 4 heteroatoms. The van der Waals surface area contributed by atoms with Gasteiger partial charge in [-0.25, -0.2) is 0 Å². The maximum Gasteiger partial charge on any atom is 0.297 e. The van der Waals surface area contributed by atoms with Crippen molar-refractivity contribution in [3.63, 3.8) is 0 Å². The van der Waals surface area contributed by atoms with Gasteiger partial charge in [0, 0.05) is 12.1 Å². The number of nitrogens with zero attached hydrogens (tertiary/aromatic N) is 1. The van der Waals surface area contributed by atoms with Gasteiger partial charge in [-0.15, -0.1) is 0 Å². The number of benzene rings is 2. The summed E-state index contributed by atoms with van der Waals surface area (Å²) < 4.78 is 0. The molecule has 0 aliphatic carbocycles. The Bertz CT molecular complexity index is 735. The lowest BCUT2D eigenvalue weighted by molar-refractivity contribution is -0.139. The average Bonchev–Trinajstić information content (AvgIpc) is 2.84. The zero-order valence-corrected chi connectivity index (χ0v) is 12.2. The summed E-state index contributed by atoms with van der Waals surface area (Å²) in [6, 6.07) is 16.0. The van der Waals surface area contributed by atoms with Crippen LogP contribution in [0.15, 0.2) is 54.6 Å². The van der Waals surface area contributed by atoms with Gasteiger partial charge in [0.25, 0.3) is 11.8 Å². The highest BCUT2D eigenvalue weighted by Gasteiger charge is 2.42. The van der Waals surface area contributed by atoms with Crippen molar-refractivity contribution in [1.29, 1.82) is 0 Å². The molecule has 3 rings (SSSR count). The summed E-state index contributed by atoms with van der Waals surface area (Å²) in [6.45, 7) is 2.03. The van der Waals surface area contributed by atoms with Gasteiger partial charge in [-0.1, -0.05) is 48.0 Å². The van der Waals surface area contributed by atoms with E-state index in [4.69, 9.17) is 0 Å². The van der Waals surface area contributed by atoms with Gasteiger partial charge in [-0.05, 0) is 24.6 Å². The topological polar surface area (TPSA) is 54.5 Å². The molecule has 0 spiro atoms. The third kappa shape index (κ3) is 2.44. The fourth-order valence-electron chi connectivity index (χ4n) is 2.60. The highest BCUT2D eigenvalue weighted by Crippen LogP contribution is 2.26. The van der Waals surface area contributed by atoms with Crippen molar-refractivity contribution < 1.29 is 14.4 Å². The van der Waals surface area contributed by atoms with Crippen LogP contribution in [-0.2, 0) is 9.59 Å². The predicted octanol–water partition coefficient (Wildman–Crippen LogP) is 2.33. The van der Waals surface area contributed by atoms with E-state index in [1.54, 1.807) is 24.3 Å². The molecule has 2 aromatic carbocycles. The van der Waals surface area contributed by atoms with E-state index in [0.717, 1.165) is 16.0 Å². The smallest absolute Gasteiger partial charge is 0.288 e. The zero-order chi connectivity index (χ0) is 15.7. The molecule has 0 radical (unpaired) electrons. The van der Waals surface area contributed by atoms with Crippen molar-refractivity contribution in [1.82, 2.24) is 4.90 Å². The molecule has 0 saturated carbocycles. The lowest BCUT2D eigenvalue weighted by Crippen LogP contribution is -2.33. The van der Waals surface area contributed by atoms with Crippen LogP contribution in [0.3, 0.4) is 0 Å². The number of hydrogen-bond acceptors (Lipinski definition) is 3. The van der Waals surface area contributed by atoms with E-state index in [9.17, 15) is 14.4 Å². The van der Waals surface area contributed by atoms with Gasteiger partial charge in [0.15, 0.2) is 0 Å². The predicted molar refractivity (Wildman–Crippen MR) is 81.4 cm³/mol. The molecule has 0 aromatic heterocycles. The molecule has 4 nitrogen and oxygen atoms in total. The van der Waals surface area contributed by atoms with Gasteiger partial charge in [-0.2, -0.15) is 0 Å². The van der Waals surface area contributed by atoms with E-state index in [2.05, 4.69) is 0 Å². The summed E-state index contributed by atoms with van der Waals surface area (Å²) in [5.74, 6) is -2.23. The highest BCUT2D eigenvalue weighted by molar-refractivity contribution is 6.43. The van der Waals surface area contributed by atoms with E-state index in [-0.39, 0.29) is 6.54 Å². The Balaban J connectivity index is 1.87. The molecule has 1 atom stereocenters. The summed E-state index contributed by atoms with van der Waals surface area (Å²) in [5, 5.41) is 0. The van der Waals surface area contributed by atoms with Gasteiger partial charge >= 0.3 is 0 Å². The minimum Gasteiger partial charge on any atom is -0.288 e. The van der Waals surface area contributed by atoms with Crippen LogP contribution in [0.4, 0.5) is 0 Å². The summed E-state index contributed by atoms with van der Waals surface area (Å²) in [7, 11) is 0. The quantitative estimate of drug-likeness (QED) is 0.631. The highest BCUT2D eigenvalue weighted by atomic mass is 16.2. The van der Waals surface area contributed by atoms with Crippen LogP contribution in [0.2, 0.25) is 0 Å². The summed E-state index contributed by atoms with van der Waals surface area (Å²) >= 11 is 0. The fraction of sp³-hybridized carbons (Fsp3) is 0.167. The molecular weight excluding hydrogens is 278 g/mol. The standard InChI is InChI=1S/C18H15NO3/c1-12-7-9-14(10-8-12)17(21)19-11-15(16(20)18(19)22)13-5-3-2-4-6-13/h2-10,15H,11H2,1H3/t15-/m0/s1. The van der Waals surface area contributed by atoms with Crippen LogP contribution in [0.1, 0.15) is 27.4 Å². The molecule has 2 amide bonds. The largest absolute Gasteiger partial charge is 0.297 e. The van der Waals surface area contributed by atoms with Crippen LogP contribution >= 0.6 is 0 Å². The van der Waals surface area contributed by atoms with Crippen molar-refractivity contribution in [2.24, 2.45) is 0 Å². The minimum absolute atomic E-state index is 0.106. The monoisotopic (exact) mass is 293 g/mol. The Labute approximate surface area is 128 Å². The second kappa shape index (κ2) is 5.56. The number of ketones is 1. The van der Waals surface area contributed by atoms with Crippen LogP contribution in [0, 0.1) is 6.92 Å². The van der Waals surface area contributed by atoms with Crippen LogP contribution in [-0.4, -0.2) is 29.0 Å². The average molecular weight is 293 g/mol. The first kappa shape index (κ1) is 14.2. The second-order valence-corrected chi connectivity index (χ2v) is 5.41. The molecule has 1 heterocycles. The van der Waals surface area contributed by atoms with E-state index in [1.807, 2.05) is 37.3 Å². The third-order valence-electron chi connectivity index (χ3n) is 3.88. The fourth-order valence-corrected chi connectivity index (χ4v) is 2.60. The molecule has 2 aromatic rings. The van der Waals surface area contributed by atoms with Crippen molar-refractivity contribution in [2.45, 2.75) is 12.8 Å². The molecule has 0 N–H and O–H groups in total. The number of imide groups is 1. The van der Waals surface area contributed by atoms with E-state index < -0.39 is 23.5 Å². The first-order valence-corrected chi connectivity index (χ1v) is 7.09. The van der Waals surface area contributed by atoms with E-state index >= 15 is 0 Å². The molecule has 0 bridgehead atoms. The third-order valence-corrected chi connectivity index (χ3v) is 3.88. The minimum atomic E-state index is -0.723. The molecule has 1 saturated heterocycles. The lowest BCUT2D eigenvalue weighted by Gasteiger charge is -2.14. The Morgan fingerprint density at radius 2 is 1.64 bits per heavy atom. The van der Waals surface area contributed by atoms with Crippen molar-refractivity contribution >= 4 is 17.6 Å².